The summed E-state index contributed by atoms with van der Waals surface area (Å²) in [6.45, 7) is 3.53. The number of hydrogen-bond donors (Lipinski definition) is 3. The number of halogens is 1. The zero-order valence-electron chi connectivity index (χ0n) is 8.75. The van der Waals surface area contributed by atoms with Gasteiger partial charge in [0.1, 0.15) is 5.69 Å². The Labute approximate surface area is 93.6 Å². The predicted molar refractivity (Wildman–Crippen MR) is 59.0 cm³/mol. The molecule has 1 aromatic rings. The van der Waals surface area contributed by atoms with Crippen LogP contribution >= 0.6 is 11.6 Å². The molecule has 1 rings (SSSR count). The normalized spacial score (nSPS) is 14.7. The van der Waals surface area contributed by atoms with E-state index in [-0.39, 0.29) is 11.9 Å². The van der Waals surface area contributed by atoms with Crippen molar-refractivity contribution in [1.82, 2.24) is 10.3 Å². The molecule has 0 saturated heterocycles. The van der Waals surface area contributed by atoms with Crippen molar-refractivity contribution in [2.45, 2.75) is 32.4 Å². The maximum Gasteiger partial charge on any atom is 0.267 e. The SMILES string of the molecule is CC(O)CC(C)NC(=O)c1cc(Cl)c[nH]1. The molecule has 2 atom stereocenters. The van der Waals surface area contributed by atoms with E-state index in [1.54, 1.807) is 19.2 Å². The van der Waals surface area contributed by atoms with Gasteiger partial charge in [0.05, 0.1) is 11.1 Å². The number of nitrogens with one attached hydrogen (secondary N) is 2. The van der Waals surface area contributed by atoms with Gasteiger partial charge in [0.2, 0.25) is 0 Å². The molecule has 0 radical (unpaired) electrons. The van der Waals surface area contributed by atoms with Crippen molar-refractivity contribution < 1.29 is 9.90 Å². The number of aromatic amines is 1. The fraction of sp³-hybridized carbons (Fsp3) is 0.500. The van der Waals surface area contributed by atoms with Crippen LogP contribution in [-0.2, 0) is 0 Å². The second-order valence-electron chi connectivity index (χ2n) is 3.69. The predicted octanol–water partition coefficient (Wildman–Crippen LogP) is 1.56. The molecule has 0 bridgehead atoms. The molecule has 0 aliphatic heterocycles. The van der Waals surface area contributed by atoms with Gasteiger partial charge in [-0.1, -0.05) is 11.6 Å². The van der Waals surface area contributed by atoms with E-state index in [0.717, 1.165) is 0 Å². The monoisotopic (exact) mass is 230 g/mol. The molecule has 1 aromatic heterocycles. The van der Waals surface area contributed by atoms with E-state index < -0.39 is 6.10 Å². The van der Waals surface area contributed by atoms with E-state index in [1.807, 2.05) is 6.92 Å². The van der Waals surface area contributed by atoms with E-state index >= 15 is 0 Å². The number of aliphatic hydroxyl groups excluding tert-OH is 1. The van der Waals surface area contributed by atoms with Crippen molar-refractivity contribution in [1.29, 1.82) is 0 Å². The van der Waals surface area contributed by atoms with Crippen molar-refractivity contribution in [2.75, 3.05) is 0 Å². The minimum atomic E-state index is -0.424. The average molecular weight is 231 g/mol. The van der Waals surface area contributed by atoms with Gasteiger partial charge in [0.25, 0.3) is 5.91 Å². The fourth-order valence-corrected chi connectivity index (χ4v) is 1.53. The minimum absolute atomic E-state index is 0.0698. The Balaban J connectivity index is 2.49. The molecule has 4 nitrogen and oxygen atoms in total. The lowest BCUT2D eigenvalue weighted by Crippen LogP contribution is -2.34. The fourth-order valence-electron chi connectivity index (χ4n) is 1.37. The van der Waals surface area contributed by atoms with Gasteiger partial charge in [0, 0.05) is 12.2 Å². The summed E-state index contributed by atoms with van der Waals surface area (Å²) in [5.41, 5.74) is 0.428. The number of amides is 1. The largest absolute Gasteiger partial charge is 0.393 e. The summed E-state index contributed by atoms with van der Waals surface area (Å²) in [7, 11) is 0. The van der Waals surface area contributed by atoms with Crippen molar-refractivity contribution in [3.63, 3.8) is 0 Å². The van der Waals surface area contributed by atoms with Gasteiger partial charge in [-0.05, 0) is 26.3 Å². The molecule has 1 amide bonds. The van der Waals surface area contributed by atoms with Crippen LogP contribution in [0.15, 0.2) is 12.3 Å². The third kappa shape index (κ3) is 3.93. The second kappa shape index (κ2) is 5.19. The van der Waals surface area contributed by atoms with Gasteiger partial charge in [-0.2, -0.15) is 0 Å². The molecule has 0 aliphatic carbocycles. The van der Waals surface area contributed by atoms with Gasteiger partial charge in [-0.3, -0.25) is 4.79 Å². The summed E-state index contributed by atoms with van der Waals surface area (Å²) < 4.78 is 0. The quantitative estimate of drug-likeness (QED) is 0.735. The Morgan fingerprint density at radius 3 is 2.80 bits per heavy atom. The number of carbonyl (C=O) groups is 1. The van der Waals surface area contributed by atoms with E-state index in [2.05, 4.69) is 10.3 Å². The highest BCUT2D eigenvalue weighted by molar-refractivity contribution is 6.30. The molecule has 3 N–H and O–H groups in total. The maximum atomic E-state index is 11.6. The van der Waals surface area contributed by atoms with Gasteiger partial charge in [-0.15, -0.1) is 0 Å². The third-order valence-corrected chi connectivity index (χ3v) is 2.18. The summed E-state index contributed by atoms with van der Waals surface area (Å²) in [5, 5.41) is 12.4. The summed E-state index contributed by atoms with van der Waals surface area (Å²) in [4.78, 5) is 14.3. The van der Waals surface area contributed by atoms with Crippen LogP contribution in [0, 0.1) is 0 Å². The standard InChI is InChI=1S/C10H15ClN2O2/c1-6(3-7(2)14)13-10(15)9-4-8(11)5-12-9/h4-7,12,14H,3H2,1-2H3,(H,13,15). The highest BCUT2D eigenvalue weighted by Gasteiger charge is 2.12. The van der Waals surface area contributed by atoms with E-state index in [1.165, 1.54) is 0 Å². The Kier molecular flexibility index (Phi) is 4.17. The second-order valence-corrected chi connectivity index (χ2v) is 4.13. The topological polar surface area (TPSA) is 65.1 Å². The van der Waals surface area contributed by atoms with Crippen molar-refractivity contribution >= 4 is 17.5 Å². The van der Waals surface area contributed by atoms with Crippen molar-refractivity contribution in [3.05, 3.63) is 23.0 Å². The lowest BCUT2D eigenvalue weighted by molar-refractivity contribution is 0.0918. The van der Waals surface area contributed by atoms with Crippen molar-refractivity contribution in [3.8, 4) is 0 Å². The van der Waals surface area contributed by atoms with Crippen LogP contribution in [0.25, 0.3) is 0 Å². The van der Waals surface area contributed by atoms with E-state index in [4.69, 9.17) is 16.7 Å². The molecule has 0 aromatic carbocycles. The summed E-state index contributed by atoms with van der Waals surface area (Å²) in [5.74, 6) is -0.213. The number of rotatable bonds is 4. The maximum absolute atomic E-state index is 11.6. The first-order valence-electron chi connectivity index (χ1n) is 4.82. The van der Waals surface area contributed by atoms with Gasteiger partial charge in [-0.25, -0.2) is 0 Å². The lowest BCUT2D eigenvalue weighted by Gasteiger charge is -2.14. The smallest absolute Gasteiger partial charge is 0.267 e. The van der Waals surface area contributed by atoms with Crippen LogP contribution in [0.1, 0.15) is 30.8 Å². The summed E-state index contributed by atoms with van der Waals surface area (Å²) in [6, 6.07) is 1.49. The van der Waals surface area contributed by atoms with Gasteiger partial charge in [0.15, 0.2) is 0 Å². The zero-order valence-corrected chi connectivity index (χ0v) is 9.51. The highest BCUT2D eigenvalue weighted by Crippen LogP contribution is 2.09. The number of H-pyrrole nitrogens is 1. The first-order valence-corrected chi connectivity index (χ1v) is 5.19. The molecule has 0 aliphatic rings. The van der Waals surface area contributed by atoms with E-state index in [9.17, 15) is 4.79 Å². The van der Waals surface area contributed by atoms with Gasteiger partial charge < -0.3 is 15.4 Å². The molecule has 15 heavy (non-hydrogen) atoms. The highest BCUT2D eigenvalue weighted by atomic mass is 35.5. The number of aliphatic hydroxyl groups is 1. The molecule has 2 unspecified atom stereocenters. The Morgan fingerprint density at radius 1 is 1.67 bits per heavy atom. The summed E-state index contributed by atoms with van der Waals surface area (Å²) >= 11 is 5.67. The molecular weight excluding hydrogens is 216 g/mol. The number of aromatic nitrogens is 1. The van der Waals surface area contributed by atoms with E-state index in [0.29, 0.717) is 17.1 Å². The first kappa shape index (κ1) is 12.1. The molecule has 1 heterocycles. The molecule has 0 fully saturated rings. The Morgan fingerprint density at radius 2 is 2.33 bits per heavy atom. The molecule has 84 valence electrons. The van der Waals surface area contributed by atoms with Crippen LogP contribution in [0.5, 0.6) is 0 Å². The van der Waals surface area contributed by atoms with Gasteiger partial charge >= 0.3 is 0 Å². The summed E-state index contributed by atoms with van der Waals surface area (Å²) in [6.07, 6.45) is 1.66. The minimum Gasteiger partial charge on any atom is -0.393 e. The first-order chi connectivity index (χ1) is 6.99. The molecule has 5 heteroatoms. The number of carbonyl (C=O) groups excluding carboxylic acids is 1. The van der Waals surface area contributed by atoms with Crippen LogP contribution in [-0.4, -0.2) is 28.1 Å². The third-order valence-electron chi connectivity index (χ3n) is 1.96. The van der Waals surface area contributed by atoms with Crippen LogP contribution in [0.2, 0.25) is 5.02 Å². The van der Waals surface area contributed by atoms with Crippen LogP contribution in [0.4, 0.5) is 0 Å². The Hall–Kier alpha value is -1.00. The van der Waals surface area contributed by atoms with Crippen LogP contribution < -0.4 is 5.32 Å². The molecule has 0 saturated carbocycles. The molecule has 0 spiro atoms. The molecular formula is C10H15ClN2O2. The van der Waals surface area contributed by atoms with Crippen molar-refractivity contribution in [2.24, 2.45) is 0 Å². The lowest BCUT2D eigenvalue weighted by atomic mass is 10.1. The van der Waals surface area contributed by atoms with Crippen LogP contribution in [0.3, 0.4) is 0 Å². The Bertz CT molecular complexity index is 336. The number of hydrogen-bond acceptors (Lipinski definition) is 2. The zero-order chi connectivity index (χ0) is 11.4. The average Bonchev–Trinajstić information content (AvgIpc) is 2.49.